The maximum atomic E-state index is 13.0. The lowest BCUT2D eigenvalue weighted by Crippen LogP contribution is -2.28. The third-order valence-corrected chi connectivity index (χ3v) is 5.51. The Labute approximate surface area is 167 Å². The van der Waals surface area contributed by atoms with Crippen LogP contribution < -0.4 is 14.8 Å². The smallest absolute Gasteiger partial charge is 0.236 e. The molecule has 1 aromatic heterocycles. The molecule has 1 saturated carbocycles. The highest BCUT2D eigenvalue weighted by Crippen LogP contribution is 2.51. The van der Waals surface area contributed by atoms with Crippen LogP contribution in [0.2, 0.25) is 5.02 Å². The standard InChI is InChI=1S/C22H17ClN2O3/c23-17-3-1-2-14(10-17)15-4-7-20(24-12-15)25-21(26)22(8-9-22)16-5-6-18-19(11-16)28-13-27-18/h1-7,10-12H,8-9,13H2,(H,24,25,26). The molecule has 1 N–H and O–H groups in total. The van der Waals surface area contributed by atoms with Crippen LogP contribution in [0.3, 0.4) is 0 Å². The number of anilines is 1. The number of fused-ring (bicyclic) bond motifs is 1. The summed E-state index contributed by atoms with van der Waals surface area (Å²) < 4.78 is 10.8. The van der Waals surface area contributed by atoms with Crippen molar-refractivity contribution in [2.45, 2.75) is 18.3 Å². The van der Waals surface area contributed by atoms with Crippen molar-refractivity contribution < 1.29 is 14.3 Å². The maximum absolute atomic E-state index is 13.0. The summed E-state index contributed by atoms with van der Waals surface area (Å²) >= 11 is 6.05. The van der Waals surface area contributed by atoms with Crippen LogP contribution in [0.1, 0.15) is 18.4 Å². The molecule has 5 nitrogen and oxygen atoms in total. The van der Waals surface area contributed by atoms with Gasteiger partial charge >= 0.3 is 0 Å². The molecule has 0 atom stereocenters. The topological polar surface area (TPSA) is 60.5 Å². The number of nitrogens with zero attached hydrogens (tertiary/aromatic N) is 1. The summed E-state index contributed by atoms with van der Waals surface area (Å²) in [6, 6.07) is 17.0. The third-order valence-electron chi connectivity index (χ3n) is 5.27. The molecule has 0 spiro atoms. The minimum absolute atomic E-state index is 0.0469. The van der Waals surface area contributed by atoms with Crippen LogP contribution in [0.15, 0.2) is 60.8 Å². The molecule has 0 radical (unpaired) electrons. The number of amides is 1. The summed E-state index contributed by atoms with van der Waals surface area (Å²) in [5.74, 6) is 1.90. The molecule has 0 saturated heterocycles. The van der Waals surface area contributed by atoms with Crippen LogP contribution in [-0.2, 0) is 10.2 Å². The molecule has 3 aromatic rings. The fraction of sp³-hybridized carbons (Fsp3) is 0.182. The first-order valence-electron chi connectivity index (χ1n) is 9.08. The lowest BCUT2D eigenvalue weighted by atomic mass is 9.94. The zero-order chi connectivity index (χ0) is 19.1. The Hall–Kier alpha value is -3.05. The number of pyridine rings is 1. The first kappa shape index (κ1) is 17.1. The molecule has 5 rings (SSSR count). The lowest BCUT2D eigenvalue weighted by Gasteiger charge is -2.16. The van der Waals surface area contributed by atoms with Gasteiger partial charge in [0, 0.05) is 16.8 Å². The number of benzene rings is 2. The minimum atomic E-state index is -0.520. The number of nitrogens with one attached hydrogen (secondary N) is 1. The lowest BCUT2D eigenvalue weighted by molar-refractivity contribution is -0.118. The highest BCUT2D eigenvalue weighted by molar-refractivity contribution is 6.30. The Morgan fingerprint density at radius 1 is 1.00 bits per heavy atom. The number of ether oxygens (including phenoxy) is 2. The summed E-state index contributed by atoms with van der Waals surface area (Å²) in [6.07, 6.45) is 3.35. The highest BCUT2D eigenvalue weighted by Gasteiger charge is 2.51. The minimum Gasteiger partial charge on any atom is -0.454 e. The second-order valence-electron chi connectivity index (χ2n) is 7.05. The Morgan fingerprint density at radius 2 is 1.86 bits per heavy atom. The normalized spacial score (nSPS) is 15.9. The monoisotopic (exact) mass is 392 g/mol. The Kier molecular flexibility index (Phi) is 3.98. The van der Waals surface area contributed by atoms with Crippen LogP contribution >= 0.6 is 11.6 Å². The number of carbonyl (C=O) groups is 1. The van der Waals surface area contributed by atoms with Crippen molar-refractivity contribution in [2.24, 2.45) is 0 Å². The highest BCUT2D eigenvalue weighted by atomic mass is 35.5. The van der Waals surface area contributed by atoms with E-state index < -0.39 is 5.41 Å². The molecule has 1 amide bonds. The quantitative estimate of drug-likeness (QED) is 0.692. The zero-order valence-corrected chi connectivity index (χ0v) is 15.7. The molecular weight excluding hydrogens is 376 g/mol. The van der Waals surface area contributed by atoms with Crippen molar-refractivity contribution in [2.75, 3.05) is 12.1 Å². The molecule has 28 heavy (non-hydrogen) atoms. The van der Waals surface area contributed by atoms with Crippen molar-refractivity contribution in [1.29, 1.82) is 0 Å². The van der Waals surface area contributed by atoms with E-state index in [1.807, 2.05) is 54.6 Å². The van der Waals surface area contributed by atoms with Gasteiger partial charge in [-0.25, -0.2) is 4.98 Å². The van der Waals surface area contributed by atoms with E-state index >= 15 is 0 Å². The average molecular weight is 393 g/mol. The van der Waals surface area contributed by atoms with E-state index in [2.05, 4.69) is 10.3 Å². The fourth-order valence-corrected chi connectivity index (χ4v) is 3.70. The molecule has 2 aromatic carbocycles. The van der Waals surface area contributed by atoms with Crippen molar-refractivity contribution in [3.05, 3.63) is 71.4 Å². The van der Waals surface area contributed by atoms with Gasteiger partial charge in [-0.05, 0) is 60.4 Å². The van der Waals surface area contributed by atoms with E-state index in [9.17, 15) is 4.79 Å². The molecule has 1 aliphatic heterocycles. The Bertz CT molecular complexity index is 1060. The van der Waals surface area contributed by atoms with E-state index in [4.69, 9.17) is 21.1 Å². The van der Waals surface area contributed by atoms with Gasteiger partial charge in [0.15, 0.2) is 11.5 Å². The van der Waals surface area contributed by atoms with E-state index in [-0.39, 0.29) is 12.7 Å². The molecule has 140 valence electrons. The van der Waals surface area contributed by atoms with Crippen LogP contribution in [0, 0.1) is 0 Å². The Balaban J connectivity index is 1.34. The van der Waals surface area contributed by atoms with Crippen LogP contribution in [-0.4, -0.2) is 17.7 Å². The molecule has 1 fully saturated rings. The van der Waals surface area contributed by atoms with Gasteiger partial charge in [-0.2, -0.15) is 0 Å². The third kappa shape index (κ3) is 2.98. The average Bonchev–Trinajstić information content (AvgIpc) is 3.40. The first-order valence-corrected chi connectivity index (χ1v) is 9.45. The van der Waals surface area contributed by atoms with Crippen LogP contribution in [0.5, 0.6) is 11.5 Å². The van der Waals surface area contributed by atoms with Crippen molar-refractivity contribution in [1.82, 2.24) is 4.98 Å². The molecule has 0 bridgehead atoms. The number of rotatable bonds is 4. The van der Waals surface area contributed by atoms with Gasteiger partial charge in [0.05, 0.1) is 5.41 Å². The number of aromatic nitrogens is 1. The SMILES string of the molecule is O=C(Nc1ccc(-c2cccc(Cl)c2)cn1)C1(c2ccc3c(c2)OCO3)CC1. The van der Waals surface area contributed by atoms with Crippen LogP contribution in [0.25, 0.3) is 11.1 Å². The van der Waals surface area contributed by atoms with E-state index in [0.29, 0.717) is 16.6 Å². The van der Waals surface area contributed by atoms with E-state index in [0.717, 1.165) is 35.3 Å². The van der Waals surface area contributed by atoms with Gasteiger partial charge in [-0.1, -0.05) is 29.8 Å². The molecule has 2 heterocycles. The van der Waals surface area contributed by atoms with Gasteiger partial charge in [0.25, 0.3) is 0 Å². The fourth-order valence-electron chi connectivity index (χ4n) is 3.51. The maximum Gasteiger partial charge on any atom is 0.236 e. The van der Waals surface area contributed by atoms with Crippen molar-refractivity contribution in [3.8, 4) is 22.6 Å². The van der Waals surface area contributed by atoms with Crippen molar-refractivity contribution in [3.63, 3.8) is 0 Å². The van der Waals surface area contributed by atoms with Gasteiger partial charge in [-0.15, -0.1) is 0 Å². The predicted molar refractivity (Wildman–Crippen MR) is 107 cm³/mol. The molecule has 0 unspecified atom stereocenters. The summed E-state index contributed by atoms with van der Waals surface area (Å²) in [6.45, 7) is 0.223. The summed E-state index contributed by atoms with van der Waals surface area (Å²) in [5, 5.41) is 3.63. The number of hydrogen-bond donors (Lipinski definition) is 1. The number of carbonyl (C=O) groups excluding carboxylic acids is 1. The summed E-state index contributed by atoms with van der Waals surface area (Å²) in [5.41, 5.74) is 2.35. The van der Waals surface area contributed by atoms with Crippen LogP contribution in [0.4, 0.5) is 5.82 Å². The van der Waals surface area contributed by atoms with E-state index in [1.54, 1.807) is 6.20 Å². The first-order chi connectivity index (χ1) is 13.6. The van der Waals surface area contributed by atoms with Gasteiger partial charge in [-0.3, -0.25) is 4.79 Å². The van der Waals surface area contributed by atoms with Gasteiger partial charge < -0.3 is 14.8 Å². The molecule has 1 aliphatic carbocycles. The van der Waals surface area contributed by atoms with Gasteiger partial charge in [0.1, 0.15) is 5.82 Å². The van der Waals surface area contributed by atoms with E-state index in [1.165, 1.54) is 0 Å². The zero-order valence-electron chi connectivity index (χ0n) is 14.9. The largest absolute Gasteiger partial charge is 0.454 e. The van der Waals surface area contributed by atoms with Gasteiger partial charge in [0.2, 0.25) is 12.7 Å². The van der Waals surface area contributed by atoms with Crippen molar-refractivity contribution >= 4 is 23.3 Å². The second kappa shape index (κ2) is 6.53. The summed E-state index contributed by atoms with van der Waals surface area (Å²) in [7, 11) is 0. The predicted octanol–water partition coefficient (Wildman–Crippen LogP) is 4.80. The number of hydrogen-bond acceptors (Lipinski definition) is 4. The molecule has 6 heteroatoms. The summed E-state index contributed by atoms with van der Waals surface area (Å²) in [4.78, 5) is 17.4. The second-order valence-corrected chi connectivity index (χ2v) is 7.48. The molecule has 2 aliphatic rings. The molecular formula is C22H17ClN2O3. The Morgan fingerprint density at radius 3 is 2.61 bits per heavy atom. The number of halogens is 1.